The summed E-state index contributed by atoms with van der Waals surface area (Å²) in [5.41, 5.74) is 0. The lowest BCUT2D eigenvalue weighted by Crippen LogP contribution is -2.49. The second kappa shape index (κ2) is 9.05. The number of amides is 1. The topological polar surface area (TPSA) is 67.2 Å². The number of hydrogen-bond donors (Lipinski definition) is 0. The largest absolute Gasteiger partial charge is 0.337 e. The Labute approximate surface area is 151 Å². The molecule has 0 aromatic carbocycles. The van der Waals surface area contributed by atoms with Gasteiger partial charge in [-0.25, -0.2) is 4.68 Å². The van der Waals surface area contributed by atoms with Gasteiger partial charge in [0, 0.05) is 25.9 Å². The van der Waals surface area contributed by atoms with Crippen molar-refractivity contribution in [1.29, 1.82) is 0 Å². The van der Waals surface area contributed by atoms with Gasteiger partial charge in [0.1, 0.15) is 0 Å². The van der Waals surface area contributed by atoms with E-state index in [2.05, 4.69) is 25.3 Å². The number of carbonyl (C=O) groups is 1. The zero-order valence-electron chi connectivity index (χ0n) is 14.3. The minimum atomic E-state index is 0.215. The molecule has 3 rings (SSSR count). The molecule has 7 nitrogen and oxygen atoms in total. The third kappa shape index (κ3) is 4.86. The predicted octanol–water partition coefficient (Wildman–Crippen LogP) is 1.12. The standard InChI is InChI=1S/C15H26N6OS2/c1-19-15(16-17-18-19)24-12-14(22)21-8-5-9-23-11-13(21)10-20-6-3-2-4-7-20/h13H,2-12H2,1H3. The summed E-state index contributed by atoms with van der Waals surface area (Å²) in [5, 5.41) is 12.1. The van der Waals surface area contributed by atoms with Gasteiger partial charge in [-0.3, -0.25) is 4.79 Å². The van der Waals surface area contributed by atoms with Crippen LogP contribution in [0.5, 0.6) is 0 Å². The summed E-state index contributed by atoms with van der Waals surface area (Å²) in [6, 6.07) is 0.335. The van der Waals surface area contributed by atoms with E-state index in [4.69, 9.17) is 0 Å². The molecule has 1 aromatic heterocycles. The van der Waals surface area contributed by atoms with Gasteiger partial charge in [0.2, 0.25) is 11.1 Å². The number of rotatable bonds is 5. The zero-order chi connectivity index (χ0) is 16.8. The minimum absolute atomic E-state index is 0.215. The molecule has 0 bridgehead atoms. The second-order valence-corrected chi connectivity index (χ2v) is 8.50. The van der Waals surface area contributed by atoms with Crippen molar-refractivity contribution in [1.82, 2.24) is 30.0 Å². The van der Waals surface area contributed by atoms with Gasteiger partial charge in [-0.1, -0.05) is 18.2 Å². The van der Waals surface area contributed by atoms with Crippen molar-refractivity contribution in [2.75, 3.05) is 43.4 Å². The van der Waals surface area contributed by atoms with Gasteiger partial charge in [-0.15, -0.1) is 5.10 Å². The monoisotopic (exact) mass is 370 g/mol. The fraction of sp³-hybridized carbons (Fsp3) is 0.867. The van der Waals surface area contributed by atoms with Crippen LogP contribution in [0, 0.1) is 0 Å². The smallest absolute Gasteiger partial charge is 0.233 e. The van der Waals surface area contributed by atoms with Crippen LogP contribution in [0.1, 0.15) is 25.7 Å². The van der Waals surface area contributed by atoms with Crippen LogP contribution in [0.4, 0.5) is 0 Å². The quantitative estimate of drug-likeness (QED) is 0.720. The molecule has 2 fully saturated rings. The molecule has 24 heavy (non-hydrogen) atoms. The first-order valence-electron chi connectivity index (χ1n) is 8.69. The fourth-order valence-corrected chi connectivity index (χ4v) is 5.09. The number of hydrogen-bond acceptors (Lipinski definition) is 7. The minimum Gasteiger partial charge on any atom is -0.337 e. The summed E-state index contributed by atoms with van der Waals surface area (Å²) in [5.74, 6) is 2.83. The third-order valence-electron chi connectivity index (χ3n) is 4.58. The van der Waals surface area contributed by atoms with Crippen LogP contribution in [0.15, 0.2) is 5.16 Å². The molecular formula is C15H26N6OS2. The van der Waals surface area contributed by atoms with E-state index >= 15 is 0 Å². The van der Waals surface area contributed by atoms with Gasteiger partial charge in [-0.2, -0.15) is 11.8 Å². The first-order chi connectivity index (χ1) is 11.7. The fourth-order valence-electron chi connectivity index (χ4n) is 3.30. The Morgan fingerprint density at radius 3 is 2.83 bits per heavy atom. The van der Waals surface area contributed by atoms with Crippen molar-refractivity contribution < 1.29 is 4.79 Å². The van der Waals surface area contributed by atoms with E-state index in [-0.39, 0.29) is 5.91 Å². The van der Waals surface area contributed by atoms with Crippen LogP contribution >= 0.6 is 23.5 Å². The molecule has 1 atom stereocenters. The second-order valence-electron chi connectivity index (χ2n) is 6.40. The molecule has 9 heteroatoms. The summed E-state index contributed by atoms with van der Waals surface area (Å²) in [6.45, 7) is 4.27. The Kier molecular flexibility index (Phi) is 6.79. The highest BCUT2D eigenvalue weighted by molar-refractivity contribution is 7.99. The molecule has 0 N–H and O–H groups in total. The molecule has 1 amide bonds. The summed E-state index contributed by atoms with van der Waals surface area (Å²) >= 11 is 3.41. The van der Waals surface area contributed by atoms with Crippen molar-refractivity contribution in [3.8, 4) is 0 Å². The van der Waals surface area contributed by atoms with E-state index in [0.717, 1.165) is 31.0 Å². The summed E-state index contributed by atoms with van der Waals surface area (Å²) in [4.78, 5) is 17.5. The number of tetrazole rings is 1. The lowest BCUT2D eigenvalue weighted by atomic mass is 10.1. The van der Waals surface area contributed by atoms with Gasteiger partial charge >= 0.3 is 0 Å². The van der Waals surface area contributed by atoms with Crippen molar-refractivity contribution in [3.05, 3.63) is 0 Å². The van der Waals surface area contributed by atoms with Gasteiger partial charge in [0.15, 0.2) is 0 Å². The van der Waals surface area contributed by atoms with Crippen LogP contribution < -0.4 is 0 Å². The molecule has 0 spiro atoms. The molecular weight excluding hydrogens is 344 g/mol. The van der Waals surface area contributed by atoms with Crippen molar-refractivity contribution in [3.63, 3.8) is 0 Å². The molecule has 0 aliphatic carbocycles. The summed E-state index contributed by atoms with van der Waals surface area (Å²) in [6.07, 6.45) is 5.02. The van der Waals surface area contributed by atoms with Crippen molar-refractivity contribution in [2.45, 2.75) is 36.9 Å². The van der Waals surface area contributed by atoms with E-state index in [9.17, 15) is 4.79 Å². The lowest BCUT2D eigenvalue weighted by molar-refractivity contribution is -0.130. The van der Waals surface area contributed by atoms with Crippen LogP contribution in [-0.2, 0) is 11.8 Å². The molecule has 0 saturated carbocycles. The summed E-state index contributed by atoms with van der Waals surface area (Å²) in [7, 11) is 1.80. The maximum absolute atomic E-state index is 12.8. The van der Waals surface area contributed by atoms with Gasteiger partial charge in [0.25, 0.3) is 0 Å². The lowest BCUT2D eigenvalue weighted by Gasteiger charge is -2.35. The van der Waals surface area contributed by atoms with E-state index in [1.165, 1.54) is 44.1 Å². The van der Waals surface area contributed by atoms with E-state index in [0.29, 0.717) is 17.0 Å². The van der Waals surface area contributed by atoms with Crippen LogP contribution in [0.2, 0.25) is 0 Å². The highest BCUT2D eigenvalue weighted by Crippen LogP contribution is 2.21. The molecule has 2 saturated heterocycles. The zero-order valence-corrected chi connectivity index (χ0v) is 15.9. The molecule has 2 aliphatic heterocycles. The molecule has 3 heterocycles. The predicted molar refractivity (Wildman–Crippen MR) is 97.3 cm³/mol. The first kappa shape index (κ1) is 18.0. The van der Waals surface area contributed by atoms with Crippen LogP contribution in [0.3, 0.4) is 0 Å². The van der Waals surface area contributed by atoms with E-state index in [1.807, 2.05) is 11.8 Å². The van der Waals surface area contributed by atoms with E-state index < -0.39 is 0 Å². The third-order valence-corrected chi connectivity index (χ3v) is 6.78. The molecule has 2 aliphatic rings. The highest BCUT2D eigenvalue weighted by atomic mass is 32.2. The Balaban J connectivity index is 1.58. The average molecular weight is 371 g/mol. The number of thioether (sulfide) groups is 2. The maximum atomic E-state index is 12.8. The van der Waals surface area contributed by atoms with E-state index in [1.54, 1.807) is 11.7 Å². The molecule has 1 unspecified atom stereocenters. The maximum Gasteiger partial charge on any atom is 0.233 e. The Morgan fingerprint density at radius 2 is 2.08 bits per heavy atom. The number of nitrogens with zero attached hydrogens (tertiary/aromatic N) is 6. The van der Waals surface area contributed by atoms with Gasteiger partial charge in [-0.05, 0) is 48.5 Å². The Bertz CT molecular complexity index is 534. The van der Waals surface area contributed by atoms with Crippen LogP contribution in [-0.4, -0.2) is 85.4 Å². The van der Waals surface area contributed by atoms with Crippen molar-refractivity contribution >= 4 is 29.4 Å². The van der Waals surface area contributed by atoms with Crippen LogP contribution in [0.25, 0.3) is 0 Å². The average Bonchev–Trinajstić information content (AvgIpc) is 2.87. The number of piperidine rings is 1. The van der Waals surface area contributed by atoms with Gasteiger partial charge in [0.05, 0.1) is 11.8 Å². The highest BCUT2D eigenvalue weighted by Gasteiger charge is 2.28. The Hall–Kier alpha value is -0.800. The Morgan fingerprint density at radius 1 is 1.25 bits per heavy atom. The SMILES string of the molecule is Cn1nnnc1SCC(=O)N1CCCSCC1CN1CCCCC1. The normalized spacial score (nSPS) is 23.2. The number of carbonyl (C=O) groups excluding carboxylic acids is 1. The van der Waals surface area contributed by atoms with Gasteiger partial charge < -0.3 is 9.80 Å². The molecule has 0 radical (unpaired) electrons. The summed E-state index contributed by atoms with van der Waals surface area (Å²) < 4.78 is 1.61. The first-order valence-corrected chi connectivity index (χ1v) is 10.8. The number of aryl methyl sites for hydroxylation is 1. The molecule has 1 aromatic rings. The van der Waals surface area contributed by atoms with Crippen molar-refractivity contribution in [2.24, 2.45) is 7.05 Å². The number of aromatic nitrogens is 4. The number of likely N-dealkylation sites (tertiary alicyclic amines) is 1. The molecule has 134 valence electrons.